The van der Waals surface area contributed by atoms with Crippen molar-refractivity contribution in [1.29, 1.82) is 0 Å². The van der Waals surface area contributed by atoms with Crippen LogP contribution in [0, 0.1) is 6.92 Å². The maximum absolute atomic E-state index is 13.7. The van der Waals surface area contributed by atoms with Gasteiger partial charge in [0.25, 0.3) is 17.7 Å². The van der Waals surface area contributed by atoms with Crippen molar-refractivity contribution in [2.24, 2.45) is 0 Å². The number of aryl methyl sites for hydroxylation is 1. The van der Waals surface area contributed by atoms with E-state index in [9.17, 15) is 19.2 Å². The predicted molar refractivity (Wildman–Crippen MR) is 167 cm³/mol. The number of hydrogen-bond donors (Lipinski definition) is 1. The topological polar surface area (TPSA) is 105 Å². The molecule has 1 N–H and O–H groups in total. The maximum atomic E-state index is 13.7. The van der Waals surface area contributed by atoms with Crippen LogP contribution in [0.25, 0.3) is 6.08 Å². The highest BCUT2D eigenvalue weighted by Gasteiger charge is 2.43. The number of carbonyl (C=O) groups is 4. The van der Waals surface area contributed by atoms with E-state index in [1.165, 1.54) is 13.2 Å². The van der Waals surface area contributed by atoms with E-state index < -0.39 is 17.8 Å². The Balaban J connectivity index is 1.45. The second-order valence-electron chi connectivity index (χ2n) is 9.53. The Bertz CT molecular complexity index is 1660. The van der Waals surface area contributed by atoms with E-state index in [2.05, 4.69) is 21.2 Å². The molecule has 0 saturated carbocycles. The number of rotatable bonds is 8. The summed E-state index contributed by atoms with van der Waals surface area (Å²) >= 11 is 3.45. The SMILES string of the molecule is COc1cc(C=C2C(=O)N(c3ccccc3)C(=O)N(c3ccccc3)C2=O)cc(Br)c1OCC(=O)Nc1ccc(C)cc1. The number of carbonyl (C=O) groups excluding carboxylic acids is 4. The average molecular weight is 640 g/mol. The van der Waals surface area contributed by atoms with E-state index in [1.807, 2.05) is 19.1 Å². The molecule has 9 nitrogen and oxygen atoms in total. The summed E-state index contributed by atoms with van der Waals surface area (Å²) in [5.41, 5.74) is 2.55. The van der Waals surface area contributed by atoms with Crippen molar-refractivity contribution < 1.29 is 28.7 Å². The fourth-order valence-corrected chi connectivity index (χ4v) is 5.01. The number of barbiturate groups is 1. The number of nitrogens with one attached hydrogen (secondary N) is 1. The molecule has 0 unspecified atom stereocenters. The summed E-state index contributed by atoms with van der Waals surface area (Å²) in [6.45, 7) is 1.66. The van der Waals surface area contributed by atoms with Crippen LogP contribution in [-0.2, 0) is 14.4 Å². The quantitative estimate of drug-likeness (QED) is 0.177. The van der Waals surface area contributed by atoms with Gasteiger partial charge < -0.3 is 14.8 Å². The zero-order valence-electron chi connectivity index (χ0n) is 23.2. The van der Waals surface area contributed by atoms with Crippen molar-refractivity contribution in [3.05, 3.63) is 118 Å². The lowest BCUT2D eigenvalue weighted by molar-refractivity contribution is -0.121. The van der Waals surface area contributed by atoms with Crippen LogP contribution in [0.5, 0.6) is 11.5 Å². The molecule has 5 amide bonds. The van der Waals surface area contributed by atoms with E-state index in [0.717, 1.165) is 15.4 Å². The van der Waals surface area contributed by atoms with E-state index >= 15 is 0 Å². The molecule has 1 heterocycles. The predicted octanol–water partition coefficient (Wildman–Crippen LogP) is 6.37. The minimum absolute atomic E-state index is 0.229. The molecule has 1 saturated heterocycles. The van der Waals surface area contributed by atoms with Crippen LogP contribution in [0.1, 0.15) is 11.1 Å². The number of para-hydroxylation sites is 2. The molecule has 0 bridgehead atoms. The minimum Gasteiger partial charge on any atom is -0.493 e. The first kappa shape index (κ1) is 29.3. The minimum atomic E-state index is -0.782. The number of urea groups is 1. The molecule has 0 atom stereocenters. The molecule has 5 rings (SSSR count). The van der Waals surface area contributed by atoms with Crippen molar-refractivity contribution in [3.8, 4) is 11.5 Å². The second-order valence-corrected chi connectivity index (χ2v) is 10.4. The van der Waals surface area contributed by atoms with Gasteiger partial charge in [0.1, 0.15) is 5.57 Å². The van der Waals surface area contributed by atoms with Gasteiger partial charge in [0.2, 0.25) is 0 Å². The van der Waals surface area contributed by atoms with Gasteiger partial charge in [-0.15, -0.1) is 0 Å². The van der Waals surface area contributed by atoms with Gasteiger partial charge in [-0.2, -0.15) is 0 Å². The number of halogens is 1. The third kappa shape index (κ3) is 6.34. The van der Waals surface area contributed by atoms with Crippen molar-refractivity contribution in [2.45, 2.75) is 6.92 Å². The third-order valence-corrected chi connectivity index (χ3v) is 7.11. The summed E-state index contributed by atoms with van der Waals surface area (Å²) in [7, 11) is 1.43. The van der Waals surface area contributed by atoms with Crippen LogP contribution in [0.15, 0.2) is 107 Å². The number of benzene rings is 4. The van der Waals surface area contributed by atoms with Gasteiger partial charge in [0, 0.05) is 5.69 Å². The lowest BCUT2D eigenvalue weighted by Gasteiger charge is -2.34. The highest BCUT2D eigenvalue weighted by molar-refractivity contribution is 9.10. The summed E-state index contributed by atoms with van der Waals surface area (Å²) in [4.78, 5) is 55.3. The smallest absolute Gasteiger partial charge is 0.343 e. The van der Waals surface area contributed by atoms with Gasteiger partial charge >= 0.3 is 6.03 Å². The Labute approximate surface area is 256 Å². The lowest BCUT2D eigenvalue weighted by Crippen LogP contribution is -2.57. The van der Waals surface area contributed by atoms with E-state index in [0.29, 0.717) is 27.1 Å². The Morgan fingerprint density at radius 1 is 0.837 bits per heavy atom. The number of hydrogen-bond acceptors (Lipinski definition) is 6. The van der Waals surface area contributed by atoms with Crippen LogP contribution < -0.4 is 24.6 Å². The van der Waals surface area contributed by atoms with Gasteiger partial charge in [0.15, 0.2) is 18.1 Å². The van der Waals surface area contributed by atoms with Crippen molar-refractivity contribution in [3.63, 3.8) is 0 Å². The zero-order valence-corrected chi connectivity index (χ0v) is 24.8. The largest absolute Gasteiger partial charge is 0.493 e. The van der Waals surface area contributed by atoms with E-state index in [4.69, 9.17) is 9.47 Å². The first-order chi connectivity index (χ1) is 20.8. The summed E-state index contributed by atoms with van der Waals surface area (Å²) < 4.78 is 11.7. The standard InChI is InChI=1S/C33H26BrN3O6/c1-21-13-15-23(16-14-21)35-29(38)20-43-30-27(34)18-22(19-28(30)42-2)17-26-31(39)36(24-9-5-3-6-10-24)33(41)37(32(26)40)25-11-7-4-8-12-25/h3-19H,20H2,1-2H3,(H,35,38). The highest BCUT2D eigenvalue weighted by atomic mass is 79.9. The summed E-state index contributed by atoms with van der Waals surface area (Å²) in [5.74, 6) is -1.38. The lowest BCUT2D eigenvalue weighted by atomic mass is 10.0. The molecular formula is C33H26BrN3O6. The fourth-order valence-electron chi connectivity index (χ4n) is 4.44. The molecule has 216 valence electrons. The van der Waals surface area contributed by atoms with Crippen LogP contribution in [0.2, 0.25) is 0 Å². The first-order valence-corrected chi connectivity index (χ1v) is 14.0. The number of imide groups is 2. The number of amides is 5. The second kappa shape index (κ2) is 12.7. The van der Waals surface area contributed by atoms with Crippen LogP contribution >= 0.6 is 15.9 Å². The van der Waals surface area contributed by atoms with E-state index in [1.54, 1.807) is 84.9 Å². The van der Waals surface area contributed by atoms with E-state index in [-0.39, 0.29) is 29.6 Å². The third-order valence-electron chi connectivity index (χ3n) is 6.52. The fraction of sp³-hybridized carbons (Fsp3) is 0.0909. The first-order valence-electron chi connectivity index (χ1n) is 13.2. The maximum Gasteiger partial charge on any atom is 0.343 e. The van der Waals surface area contributed by atoms with Crippen LogP contribution in [0.3, 0.4) is 0 Å². The molecule has 1 aliphatic heterocycles. The van der Waals surface area contributed by atoms with Gasteiger partial charge in [-0.05, 0) is 83.0 Å². The number of anilines is 3. The molecule has 4 aromatic rings. The average Bonchev–Trinajstić information content (AvgIpc) is 3.01. The van der Waals surface area contributed by atoms with Crippen molar-refractivity contribution in [1.82, 2.24) is 0 Å². The Morgan fingerprint density at radius 3 is 1.93 bits per heavy atom. The van der Waals surface area contributed by atoms with Gasteiger partial charge in [-0.25, -0.2) is 14.6 Å². The molecule has 0 aliphatic carbocycles. The Kier molecular flexibility index (Phi) is 8.68. The van der Waals surface area contributed by atoms with Gasteiger partial charge in [0.05, 0.1) is 23.0 Å². The summed E-state index contributed by atoms with van der Waals surface area (Å²) in [6.07, 6.45) is 1.39. The van der Waals surface area contributed by atoms with Crippen molar-refractivity contribution in [2.75, 3.05) is 28.8 Å². The highest BCUT2D eigenvalue weighted by Crippen LogP contribution is 2.38. The normalized spacial score (nSPS) is 13.2. The summed E-state index contributed by atoms with van der Waals surface area (Å²) in [5, 5.41) is 2.77. The number of methoxy groups -OCH3 is 1. The van der Waals surface area contributed by atoms with Gasteiger partial charge in [-0.1, -0.05) is 54.1 Å². The zero-order chi connectivity index (χ0) is 30.5. The monoisotopic (exact) mass is 639 g/mol. The molecule has 0 aromatic heterocycles. The van der Waals surface area contributed by atoms with Crippen LogP contribution in [-0.4, -0.2) is 37.5 Å². The molecule has 1 aliphatic rings. The van der Waals surface area contributed by atoms with Crippen molar-refractivity contribution >= 4 is 62.8 Å². The van der Waals surface area contributed by atoms with Gasteiger partial charge in [-0.3, -0.25) is 14.4 Å². The Hall–Kier alpha value is -5.22. The molecule has 10 heteroatoms. The van der Waals surface area contributed by atoms with Crippen LogP contribution in [0.4, 0.5) is 21.9 Å². The molecule has 0 radical (unpaired) electrons. The summed E-state index contributed by atoms with van der Waals surface area (Å²) in [6, 6.07) is 26.6. The molecule has 43 heavy (non-hydrogen) atoms. The molecular weight excluding hydrogens is 614 g/mol. The molecule has 4 aromatic carbocycles. The molecule has 0 spiro atoms. The molecule has 1 fully saturated rings. The Morgan fingerprint density at radius 2 is 1.40 bits per heavy atom. The number of nitrogens with zero attached hydrogens (tertiary/aromatic N) is 2. The number of ether oxygens (including phenoxy) is 2.